The minimum Gasteiger partial charge on any atom is -0.454 e. The van der Waals surface area contributed by atoms with Crippen LogP contribution in [0.3, 0.4) is 0 Å². The molecule has 152 valence electrons. The van der Waals surface area contributed by atoms with Crippen molar-refractivity contribution in [3.63, 3.8) is 0 Å². The average molecular weight is 401 g/mol. The van der Waals surface area contributed by atoms with Crippen molar-refractivity contribution in [1.82, 2.24) is 5.32 Å². The first kappa shape index (κ1) is 19.9. The smallest absolute Gasteiger partial charge is 0.338 e. The molecule has 0 aliphatic carbocycles. The van der Waals surface area contributed by atoms with E-state index in [1.807, 2.05) is 0 Å². The van der Waals surface area contributed by atoms with E-state index in [1.165, 1.54) is 12.1 Å². The Morgan fingerprint density at radius 3 is 2.66 bits per heavy atom. The summed E-state index contributed by atoms with van der Waals surface area (Å²) in [5.41, 5.74) is 0.916. The van der Waals surface area contributed by atoms with E-state index in [1.54, 1.807) is 37.2 Å². The number of nitrogens with one attached hydrogen (secondary N) is 1. The molecule has 0 bridgehead atoms. The number of hydrogen-bond donors (Lipinski definition) is 1. The molecule has 0 saturated carbocycles. The number of carbonyl (C=O) groups is 2. The summed E-state index contributed by atoms with van der Waals surface area (Å²) in [4.78, 5) is 36.3. The normalized spacial score (nSPS) is 11.7. The molecular weight excluding hydrogens is 382 g/mol. The molecule has 2 aromatic carbocycles. The number of esters is 1. The van der Waals surface area contributed by atoms with Crippen LogP contribution >= 0.6 is 0 Å². The van der Waals surface area contributed by atoms with Gasteiger partial charge in [-0.05, 0) is 29.8 Å². The van der Waals surface area contributed by atoms with Crippen molar-refractivity contribution in [2.75, 3.05) is 32.4 Å². The van der Waals surface area contributed by atoms with Gasteiger partial charge in [0.15, 0.2) is 18.1 Å². The van der Waals surface area contributed by atoms with Crippen molar-refractivity contribution in [2.45, 2.75) is 6.54 Å². The molecule has 1 aliphatic rings. The van der Waals surface area contributed by atoms with Crippen LogP contribution in [-0.4, -0.2) is 44.3 Å². The first-order chi connectivity index (χ1) is 13.8. The molecule has 0 saturated heterocycles. The molecule has 1 amide bonds. The molecule has 0 fully saturated rings. The highest BCUT2D eigenvalue weighted by Gasteiger charge is 2.20. The zero-order chi connectivity index (χ0) is 21.0. The monoisotopic (exact) mass is 401 g/mol. The molecule has 0 aromatic heterocycles. The van der Waals surface area contributed by atoms with Crippen LogP contribution in [0.5, 0.6) is 11.5 Å². The minimum absolute atomic E-state index is 0.00845. The molecule has 29 heavy (non-hydrogen) atoms. The molecule has 0 unspecified atom stereocenters. The first-order valence-electron chi connectivity index (χ1n) is 8.63. The van der Waals surface area contributed by atoms with Crippen molar-refractivity contribution < 1.29 is 28.7 Å². The van der Waals surface area contributed by atoms with Crippen LogP contribution in [0, 0.1) is 10.1 Å². The lowest BCUT2D eigenvalue weighted by molar-refractivity contribution is -0.384. The first-order valence-corrected chi connectivity index (χ1v) is 8.63. The fraction of sp³-hybridized carbons (Fsp3) is 0.263. The number of nitro benzene ring substituents is 1. The van der Waals surface area contributed by atoms with Gasteiger partial charge in [0, 0.05) is 26.7 Å². The zero-order valence-electron chi connectivity index (χ0n) is 15.8. The molecule has 0 atom stereocenters. The summed E-state index contributed by atoms with van der Waals surface area (Å²) in [6.07, 6.45) is 0. The summed E-state index contributed by atoms with van der Waals surface area (Å²) in [5, 5.41) is 13.8. The third kappa shape index (κ3) is 4.72. The Balaban J connectivity index is 1.54. The van der Waals surface area contributed by atoms with Gasteiger partial charge in [0.25, 0.3) is 11.6 Å². The summed E-state index contributed by atoms with van der Waals surface area (Å²) < 4.78 is 15.4. The van der Waals surface area contributed by atoms with Gasteiger partial charge in [0.2, 0.25) is 6.79 Å². The number of nitro groups is 1. The number of hydrogen-bond acceptors (Lipinski definition) is 8. The predicted octanol–water partition coefficient (Wildman–Crippen LogP) is 1.86. The van der Waals surface area contributed by atoms with Crippen LogP contribution < -0.4 is 19.7 Å². The van der Waals surface area contributed by atoms with Gasteiger partial charge in [-0.1, -0.05) is 6.07 Å². The van der Waals surface area contributed by atoms with Crippen molar-refractivity contribution >= 4 is 23.3 Å². The third-order valence-electron chi connectivity index (χ3n) is 4.15. The molecule has 10 nitrogen and oxygen atoms in total. The van der Waals surface area contributed by atoms with Crippen LogP contribution in [0.2, 0.25) is 0 Å². The number of carbonyl (C=O) groups excluding carboxylic acids is 2. The Hall–Kier alpha value is -3.82. The molecule has 1 aliphatic heterocycles. The zero-order valence-corrected chi connectivity index (χ0v) is 15.8. The maximum atomic E-state index is 12.1. The van der Waals surface area contributed by atoms with E-state index >= 15 is 0 Å². The maximum absolute atomic E-state index is 12.1. The average Bonchev–Trinajstić information content (AvgIpc) is 3.17. The number of nitrogens with zero attached hydrogens (tertiary/aromatic N) is 2. The SMILES string of the molecule is CN(C)c1ccc(C(=O)OCC(=O)NCc2ccc3c(c2)OCO3)cc1[N+](=O)[O-]. The van der Waals surface area contributed by atoms with Crippen LogP contribution in [-0.2, 0) is 16.1 Å². The van der Waals surface area contributed by atoms with E-state index in [9.17, 15) is 19.7 Å². The molecule has 10 heteroatoms. The van der Waals surface area contributed by atoms with Gasteiger partial charge >= 0.3 is 5.97 Å². The van der Waals surface area contributed by atoms with Crippen LogP contribution in [0.15, 0.2) is 36.4 Å². The van der Waals surface area contributed by atoms with Crippen LogP contribution in [0.1, 0.15) is 15.9 Å². The van der Waals surface area contributed by atoms with Crippen molar-refractivity contribution in [3.8, 4) is 11.5 Å². The van der Waals surface area contributed by atoms with Crippen molar-refractivity contribution in [3.05, 3.63) is 57.6 Å². The van der Waals surface area contributed by atoms with Crippen molar-refractivity contribution in [2.24, 2.45) is 0 Å². The second-order valence-electron chi connectivity index (χ2n) is 6.40. The molecule has 2 aromatic rings. The summed E-state index contributed by atoms with van der Waals surface area (Å²) in [6.45, 7) is -0.128. The lowest BCUT2D eigenvalue weighted by Gasteiger charge is -2.13. The summed E-state index contributed by atoms with van der Waals surface area (Å²) in [6, 6.07) is 9.27. The highest BCUT2D eigenvalue weighted by atomic mass is 16.7. The van der Waals surface area contributed by atoms with Gasteiger partial charge in [-0.25, -0.2) is 4.79 Å². The number of ether oxygens (including phenoxy) is 3. The molecule has 3 rings (SSSR count). The van der Waals surface area contributed by atoms with Crippen LogP contribution in [0.25, 0.3) is 0 Å². The fourth-order valence-corrected chi connectivity index (χ4v) is 2.69. The Bertz CT molecular complexity index is 959. The molecule has 0 radical (unpaired) electrons. The molecule has 1 heterocycles. The van der Waals surface area contributed by atoms with Gasteiger partial charge in [0.1, 0.15) is 5.69 Å². The van der Waals surface area contributed by atoms with E-state index in [4.69, 9.17) is 14.2 Å². The van der Waals surface area contributed by atoms with Gasteiger partial charge in [-0.2, -0.15) is 0 Å². The summed E-state index contributed by atoms with van der Waals surface area (Å²) >= 11 is 0. The lowest BCUT2D eigenvalue weighted by atomic mass is 10.1. The molecular formula is C19H19N3O7. The van der Waals surface area contributed by atoms with Gasteiger partial charge in [-0.3, -0.25) is 14.9 Å². The number of benzene rings is 2. The minimum atomic E-state index is -0.823. The third-order valence-corrected chi connectivity index (χ3v) is 4.15. The molecule has 0 spiro atoms. The van der Waals surface area contributed by atoms with E-state index in [0.29, 0.717) is 17.2 Å². The quantitative estimate of drug-likeness (QED) is 0.424. The number of anilines is 1. The predicted molar refractivity (Wildman–Crippen MR) is 102 cm³/mol. The van der Waals surface area contributed by atoms with E-state index in [-0.39, 0.29) is 24.6 Å². The summed E-state index contributed by atoms with van der Waals surface area (Å²) in [5.74, 6) is -0.0820. The highest BCUT2D eigenvalue weighted by molar-refractivity contribution is 5.93. The highest BCUT2D eigenvalue weighted by Crippen LogP contribution is 2.32. The lowest BCUT2D eigenvalue weighted by Crippen LogP contribution is -2.28. The Labute approximate surface area is 166 Å². The van der Waals surface area contributed by atoms with Crippen LogP contribution in [0.4, 0.5) is 11.4 Å². The number of rotatable bonds is 7. The Kier molecular flexibility index (Phi) is 5.82. The Morgan fingerprint density at radius 2 is 1.93 bits per heavy atom. The second kappa shape index (κ2) is 8.46. The fourth-order valence-electron chi connectivity index (χ4n) is 2.69. The Morgan fingerprint density at radius 1 is 1.17 bits per heavy atom. The van der Waals surface area contributed by atoms with Crippen molar-refractivity contribution in [1.29, 1.82) is 0 Å². The van der Waals surface area contributed by atoms with E-state index < -0.39 is 23.4 Å². The molecule has 1 N–H and O–H groups in total. The maximum Gasteiger partial charge on any atom is 0.338 e. The number of amides is 1. The summed E-state index contributed by atoms with van der Waals surface area (Å²) in [7, 11) is 3.32. The van der Waals surface area contributed by atoms with Gasteiger partial charge < -0.3 is 24.4 Å². The second-order valence-corrected chi connectivity index (χ2v) is 6.40. The van der Waals surface area contributed by atoms with Gasteiger partial charge in [0.05, 0.1) is 10.5 Å². The topological polar surface area (TPSA) is 120 Å². The van der Waals surface area contributed by atoms with E-state index in [2.05, 4.69) is 5.32 Å². The standard InChI is InChI=1S/C19H19N3O7/c1-21(2)14-5-4-13(8-15(14)22(25)26)19(24)27-10-18(23)20-9-12-3-6-16-17(7-12)29-11-28-16/h3-8H,9-11H2,1-2H3,(H,20,23). The van der Waals surface area contributed by atoms with E-state index in [0.717, 1.165) is 11.6 Å². The largest absolute Gasteiger partial charge is 0.454 e. The van der Waals surface area contributed by atoms with Gasteiger partial charge in [-0.15, -0.1) is 0 Å². The number of fused-ring (bicyclic) bond motifs is 1.